The van der Waals surface area contributed by atoms with Crippen LogP contribution >= 0.6 is 11.6 Å². The van der Waals surface area contributed by atoms with Crippen molar-refractivity contribution in [1.29, 1.82) is 0 Å². The van der Waals surface area contributed by atoms with Crippen molar-refractivity contribution in [2.75, 3.05) is 19.8 Å². The van der Waals surface area contributed by atoms with Crippen LogP contribution in [0.4, 0.5) is 9.59 Å². The lowest BCUT2D eigenvalue weighted by atomic mass is 10.0. The molecule has 0 bridgehead atoms. The third kappa shape index (κ3) is 8.03. The number of amides is 5. The minimum Gasteiger partial charge on any atom is -0.444 e. The molecule has 52 heavy (non-hydrogen) atoms. The van der Waals surface area contributed by atoms with Gasteiger partial charge in [-0.2, -0.15) is 0 Å². The molecule has 0 aromatic heterocycles. The second-order valence-corrected chi connectivity index (χ2v) is 17.0. The molecule has 2 saturated heterocycles. The summed E-state index contributed by atoms with van der Waals surface area (Å²) in [5, 5.41) is 5.42. The molecule has 1 aromatic carbocycles. The third-order valence-electron chi connectivity index (χ3n) is 10.7. The van der Waals surface area contributed by atoms with Gasteiger partial charge in [0.05, 0.1) is 25.0 Å². The molecule has 4 heterocycles. The number of benzene rings is 1. The number of carbonyl (C=O) groups excluding carboxylic acids is 5. The van der Waals surface area contributed by atoms with Gasteiger partial charge in [0.25, 0.3) is 5.91 Å². The number of rotatable bonds is 6. The molecule has 15 nitrogen and oxygen atoms in total. The maximum Gasteiger partial charge on any atom is 0.410 e. The standard InChI is InChI=1S/C35H44ClN5O10S/c36-24-9-8-21-17-40(18-22(21)14-24)34(46)51-26-15-29-30(42)38-35(32(44)39-52(47,48)27-10-11-27)16-23(35)6-4-2-1-3-5-7-28(31(43)41(29)19-26)37-33(45)50-25-12-13-49-20-25/h4,6,8-9,14,23,25-29H,1-3,5,7,10-13,15-20H2,(H,37,45)(H,38,42)(H,39,44)/b6-4-. The maximum absolute atomic E-state index is 14.3. The molecule has 4 aliphatic heterocycles. The fourth-order valence-corrected chi connectivity index (χ4v) is 9.05. The number of alkyl carbamates (subject to hydrolysis) is 1. The average molecular weight is 762 g/mol. The Morgan fingerprint density at radius 3 is 2.58 bits per heavy atom. The monoisotopic (exact) mass is 761 g/mol. The van der Waals surface area contributed by atoms with Crippen LogP contribution in [0.25, 0.3) is 0 Å². The Bertz CT molecular complexity index is 1750. The van der Waals surface area contributed by atoms with Crippen LogP contribution in [0.5, 0.6) is 0 Å². The number of fused-ring (bicyclic) bond motifs is 3. The summed E-state index contributed by atoms with van der Waals surface area (Å²) in [5.74, 6) is -2.53. The number of nitrogens with one attached hydrogen (secondary N) is 3. The Labute approximate surface area is 307 Å². The third-order valence-corrected chi connectivity index (χ3v) is 12.8. The van der Waals surface area contributed by atoms with Crippen LogP contribution in [-0.2, 0) is 51.7 Å². The summed E-state index contributed by atoms with van der Waals surface area (Å²) in [6.07, 6.45) is 5.62. The number of halogens is 1. The van der Waals surface area contributed by atoms with E-state index in [1.54, 1.807) is 12.1 Å². The van der Waals surface area contributed by atoms with E-state index in [4.69, 9.17) is 25.8 Å². The van der Waals surface area contributed by atoms with Crippen molar-refractivity contribution in [2.24, 2.45) is 5.92 Å². The van der Waals surface area contributed by atoms with Crippen molar-refractivity contribution in [3.05, 3.63) is 46.5 Å². The lowest BCUT2D eigenvalue weighted by Crippen LogP contribution is -2.58. The molecule has 6 atom stereocenters. The van der Waals surface area contributed by atoms with Gasteiger partial charge >= 0.3 is 12.2 Å². The molecule has 282 valence electrons. The molecule has 7 rings (SSSR count). The highest BCUT2D eigenvalue weighted by Gasteiger charge is 2.62. The number of hydrogen-bond acceptors (Lipinski definition) is 10. The first kappa shape index (κ1) is 36.5. The molecule has 2 aliphatic carbocycles. The van der Waals surface area contributed by atoms with Gasteiger partial charge in [0.15, 0.2) is 0 Å². The van der Waals surface area contributed by atoms with Gasteiger partial charge in [-0.25, -0.2) is 18.0 Å². The quantitative estimate of drug-likeness (QED) is 0.364. The molecule has 1 aromatic rings. The fourth-order valence-electron chi connectivity index (χ4n) is 7.49. The van der Waals surface area contributed by atoms with Crippen molar-refractivity contribution < 1.29 is 46.6 Å². The van der Waals surface area contributed by atoms with E-state index in [0.29, 0.717) is 50.3 Å². The zero-order chi connectivity index (χ0) is 36.6. The summed E-state index contributed by atoms with van der Waals surface area (Å²) < 4.78 is 44.4. The summed E-state index contributed by atoms with van der Waals surface area (Å²) in [4.78, 5) is 71.3. The van der Waals surface area contributed by atoms with Gasteiger partial charge in [-0.3, -0.25) is 24.0 Å². The van der Waals surface area contributed by atoms with E-state index in [1.165, 1.54) is 9.80 Å². The number of nitrogens with zero attached hydrogens (tertiary/aromatic N) is 2. The van der Waals surface area contributed by atoms with Crippen LogP contribution < -0.4 is 15.4 Å². The van der Waals surface area contributed by atoms with Crippen molar-refractivity contribution in [2.45, 2.75) is 112 Å². The highest BCUT2D eigenvalue weighted by Crippen LogP contribution is 2.46. The number of ether oxygens (including phenoxy) is 3. The number of sulfonamides is 1. The molecule has 17 heteroatoms. The van der Waals surface area contributed by atoms with E-state index >= 15 is 0 Å². The summed E-state index contributed by atoms with van der Waals surface area (Å²) in [7, 11) is -3.91. The normalized spacial score (nSPS) is 31.2. The second-order valence-electron chi connectivity index (χ2n) is 14.6. The second kappa shape index (κ2) is 14.9. The Morgan fingerprint density at radius 1 is 1.00 bits per heavy atom. The highest BCUT2D eigenvalue weighted by atomic mass is 35.5. The van der Waals surface area contributed by atoms with Gasteiger partial charge in [0.1, 0.15) is 29.8 Å². The van der Waals surface area contributed by atoms with Crippen LogP contribution in [0.1, 0.15) is 75.3 Å². The lowest BCUT2D eigenvalue weighted by Gasteiger charge is -2.30. The van der Waals surface area contributed by atoms with Crippen LogP contribution in [0.15, 0.2) is 30.4 Å². The van der Waals surface area contributed by atoms with Gasteiger partial charge in [-0.15, -0.1) is 0 Å². The van der Waals surface area contributed by atoms with Crippen LogP contribution in [0.2, 0.25) is 5.02 Å². The molecule has 2 saturated carbocycles. The number of carbonyl (C=O) groups is 5. The smallest absolute Gasteiger partial charge is 0.410 e. The Hall–Kier alpha value is -3.89. The molecular weight excluding hydrogens is 718 g/mol. The summed E-state index contributed by atoms with van der Waals surface area (Å²) in [6.45, 7) is 1.17. The van der Waals surface area contributed by atoms with E-state index in [-0.39, 0.29) is 39.0 Å². The Balaban J connectivity index is 1.12. The molecule has 0 spiro atoms. The van der Waals surface area contributed by atoms with Gasteiger partial charge in [0, 0.05) is 36.9 Å². The zero-order valence-electron chi connectivity index (χ0n) is 28.7. The van der Waals surface area contributed by atoms with E-state index in [2.05, 4.69) is 15.4 Å². The van der Waals surface area contributed by atoms with Crippen LogP contribution in [0, 0.1) is 5.92 Å². The SMILES string of the molecule is O=C(NC1CCCCC/C=C\C2CC2(C(=O)NS(=O)(=O)C2CC2)NC(=O)C2CC(OC(=O)N3Cc4ccc(Cl)cc4C3)CN2C1=O)OC1CCOC1. The predicted octanol–water partition coefficient (Wildman–Crippen LogP) is 2.65. The molecule has 6 unspecified atom stereocenters. The summed E-state index contributed by atoms with van der Waals surface area (Å²) in [6, 6.07) is 3.15. The first-order valence-corrected chi connectivity index (χ1v) is 20.0. The molecule has 6 aliphatic rings. The molecule has 3 N–H and O–H groups in total. The van der Waals surface area contributed by atoms with Gasteiger partial charge in [-0.05, 0) is 61.8 Å². The molecule has 5 amide bonds. The van der Waals surface area contributed by atoms with E-state index in [9.17, 15) is 32.4 Å². The minimum absolute atomic E-state index is 0.0783. The highest BCUT2D eigenvalue weighted by molar-refractivity contribution is 7.91. The molecular formula is C35H44ClN5O10S. The molecule has 0 radical (unpaired) electrons. The van der Waals surface area contributed by atoms with E-state index < -0.39 is 80.9 Å². The van der Waals surface area contributed by atoms with Gasteiger partial charge < -0.3 is 29.7 Å². The maximum atomic E-state index is 14.3. The fraction of sp³-hybridized carbons (Fsp3) is 0.629. The average Bonchev–Trinajstić information content (AvgIpc) is 3.89. The van der Waals surface area contributed by atoms with E-state index in [0.717, 1.165) is 24.0 Å². The van der Waals surface area contributed by atoms with Crippen LogP contribution in [0.3, 0.4) is 0 Å². The summed E-state index contributed by atoms with van der Waals surface area (Å²) in [5.41, 5.74) is 0.288. The first-order chi connectivity index (χ1) is 24.9. The van der Waals surface area contributed by atoms with Gasteiger partial charge in [-0.1, -0.05) is 42.7 Å². The van der Waals surface area contributed by atoms with Crippen molar-refractivity contribution in [3.8, 4) is 0 Å². The largest absolute Gasteiger partial charge is 0.444 e. The minimum atomic E-state index is -3.91. The van der Waals surface area contributed by atoms with E-state index in [1.807, 2.05) is 18.2 Å². The summed E-state index contributed by atoms with van der Waals surface area (Å²) >= 11 is 6.15. The topological polar surface area (TPSA) is 190 Å². The van der Waals surface area contributed by atoms with Gasteiger partial charge in [0.2, 0.25) is 21.8 Å². The Morgan fingerprint density at radius 2 is 1.81 bits per heavy atom. The predicted molar refractivity (Wildman–Crippen MR) is 185 cm³/mol. The first-order valence-electron chi connectivity index (χ1n) is 18.0. The lowest BCUT2D eigenvalue weighted by molar-refractivity contribution is -0.141. The molecule has 4 fully saturated rings. The number of hydrogen-bond donors (Lipinski definition) is 3. The number of allylic oxidation sites excluding steroid dienone is 1. The van der Waals surface area contributed by atoms with Crippen molar-refractivity contribution >= 4 is 51.5 Å². The van der Waals surface area contributed by atoms with Crippen molar-refractivity contribution in [1.82, 2.24) is 25.2 Å². The zero-order valence-corrected chi connectivity index (χ0v) is 30.3. The van der Waals surface area contributed by atoms with Crippen LogP contribution in [-0.4, -0.2) is 103 Å². The van der Waals surface area contributed by atoms with Crippen molar-refractivity contribution in [3.63, 3.8) is 0 Å². The Kier molecular flexibility index (Phi) is 10.4.